The van der Waals surface area contributed by atoms with Gasteiger partial charge in [0, 0.05) is 5.69 Å². The van der Waals surface area contributed by atoms with Crippen LogP contribution in [0.4, 0.5) is 5.82 Å². The van der Waals surface area contributed by atoms with Crippen LogP contribution in [0.1, 0.15) is 26.0 Å². The number of hydrogen-bond acceptors (Lipinski definition) is 3. The molecule has 0 fully saturated rings. The third kappa shape index (κ3) is 3.88. The van der Waals surface area contributed by atoms with Gasteiger partial charge in [-0.2, -0.15) is 0 Å². The van der Waals surface area contributed by atoms with Crippen LogP contribution in [0.2, 0.25) is 0 Å². The number of carbonyl (C=O) groups is 1. The number of rotatable bonds is 5. The number of hydrogen-bond donors (Lipinski definition) is 2. The van der Waals surface area contributed by atoms with E-state index in [4.69, 9.17) is 5.11 Å². The van der Waals surface area contributed by atoms with Gasteiger partial charge in [-0.15, -0.1) is 0 Å². The molecule has 1 atom stereocenters. The van der Waals surface area contributed by atoms with Gasteiger partial charge in [0.15, 0.2) is 0 Å². The van der Waals surface area contributed by atoms with Gasteiger partial charge in [-0.25, -0.2) is 9.78 Å². The summed E-state index contributed by atoms with van der Waals surface area (Å²) in [6.45, 7) is 5.88. The van der Waals surface area contributed by atoms with Crippen LogP contribution in [0.25, 0.3) is 0 Å². The summed E-state index contributed by atoms with van der Waals surface area (Å²) in [7, 11) is 0. The number of aliphatic carboxylic acids is 1. The largest absolute Gasteiger partial charge is 0.480 e. The molecule has 16 heavy (non-hydrogen) atoms. The Balaban J connectivity index is 2.71. The average molecular weight is 222 g/mol. The summed E-state index contributed by atoms with van der Waals surface area (Å²) in [5, 5.41) is 12.0. The highest BCUT2D eigenvalue weighted by Crippen LogP contribution is 2.11. The lowest BCUT2D eigenvalue weighted by Gasteiger charge is -2.17. The molecule has 1 rings (SSSR count). The molecule has 0 aliphatic carbocycles. The second kappa shape index (κ2) is 5.49. The summed E-state index contributed by atoms with van der Waals surface area (Å²) in [6, 6.07) is 4.94. The van der Waals surface area contributed by atoms with E-state index in [0.29, 0.717) is 18.2 Å². The Bertz CT molecular complexity index is 364. The summed E-state index contributed by atoms with van der Waals surface area (Å²) in [6.07, 6.45) is 0.588. The molecule has 2 N–H and O–H groups in total. The Morgan fingerprint density at radius 1 is 1.50 bits per heavy atom. The van der Waals surface area contributed by atoms with Gasteiger partial charge in [0.2, 0.25) is 0 Å². The van der Waals surface area contributed by atoms with Crippen LogP contribution < -0.4 is 5.32 Å². The average Bonchev–Trinajstić information content (AvgIpc) is 2.15. The highest BCUT2D eigenvalue weighted by molar-refractivity contribution is 5.76. The summed E-state index contributed by atoms with van der Waals surface area (Å²) in [4.78, 5) is 15.3. The van der Waals surface area contributed by atoms with E-state index in [1.807, 2.05) is 32.9 Å². The first kappa shape index (κ1) is 12.5. The lowest BCUT2D eigenvalue weighted by Crippen LogP contribution is -2.31. The maximum Gasteiger partial charge on any atom is 0.326 e. The zero-order valence-electron chi connectivity index (χ0n) is 9.90. The lowest BCUT2D eigenvalue weighted by atomic mass is 10.0. The third-order valence-corrected chi connectivity index (χ3v) is 2.22. The Kier molecular flexibility index (Phi) is 4.28. The minimum Gasteiger partial charge on any atom is -0.480 e. The SMILES string of the molecule is Cc1cccc(NC(CC(C)C)C(=O)O)n1. The molecule has 0 bridgehead atoms. The van der Waals surface area contributed by atoms with E-state index in [2.05, 4.69) is 10.3 Å². The van der Waals surface area contributed by atoms with Crippen molar-refractivity contribution in [3.63, 3.8) is 0 Å². The quantitative estimate of drug-likeness (QED) is 0.802. The van der Waals surface area contributed by atoms with Crippen LogP contribution in [0, 0.1) is 12.8 Å². The van der Waals surface area contributed by atoms with Gasteiger partial charge >= 0.3 is 5.97 Å². The molecule has 0 aromatic carbocycles. The van der Waals surface area contributed by atoms with E-state index in [1.54, 1.807) is 6.07 Å². The molecular formula is C12H18N2O2. The summed E-state index contributed by atoms with van der Waals surface area (Å²) in [5.41, 5.74) is 0.874. The molecule has 0 amide bonds. The number of nitrogens with zero attached hydrogens (tertiary/aromatic N) is 1. The summed E-state index contributed by atoms with van der Waals surface area (Å²) >= 11 is 0. The summed E-state index contributed by atoms with van der Waals surface area (Å²) in [5.74, 6) is 0.114. The lowest BCUT2D eigenvalue weighted by molar-refractivity contribution is -0.138. The fourth-order valence-electron chi connectivity index (χ4n) is 1.49. The van der Waals surface area contributed by atoms with Crippen LogP contribution in [0.5, 0.6) is 0 Å². The molecule has 1 aromatic heterocycles. The van der Waals surface area contributed by atoms with Crippen molar-refractivity contribution in [3.8, 4) is 0 Å². The normalized spacial score (nSPS) is 12.5. The van der Waals surface area contributed by atoms with Crippen LogP contribution in [-0.4, -0.2) is 22.1 Å². The van der Waals surface area contributed by atoms with E-state index in [-0.39, 0.29) is 0 Å². The molecule has 1 aromatic rings. The molecule has 1 heterocycles. The molecule has 1 unspecified atom stereocenters. The first-order valence-corrected chi connectivity index (χ1v) is 5.42. The van der Waals surface area contributed by atoms with Crippen molar-refractivity contribution < 1.29 is 9.90 Å². The fraction of sp³-hybridized carbons (Fsp3) is 0.500. The van der Waals surface area contributed by atoms with Gasteiger partial charge in [0.25, 0.3) is 0 Å². The van der Waals surface area contributed by atoms with Crippen molar-refractivity contribution in [1.29, 1.82) is 0 Å². The van der Waals surface area contributed by atoms with Crippen LogP contribution in [-0.2, 0) is 4.79 Å². The van der Waals surface area contributed by atoms with Crippen LogP contribution >= 0.6 is 0 Å². The Labute approximate surface area is 95.7 Å². The number of carboxylic acids is 1. The number of pyridine rings is 1. The molecule has 0 aliphatic rings. The topological polar surface area (TPSA) is 62.2 Å². The molecule has 0 saturated carbocycles. The fourth-order valence-corrected chi connectivity index (χ4v) is 1.49. The molecular weight excluding hydrogens is 204 g/mol. The Hall–Kier alpha value is -1.58. The second-order valence-electron chi connectivity index (χ2n) is 4.33. The van der Waals surface area contributed by atoms with E-state index in [0.717, 1.165) is 5.69 Å². The van der Waals surface area contributed by atoms with Crippen LogP contribution in [0.3, 0.4) is 0 Å². The second-order valence-corrected chi connectivity index (χ2v) is 4.33. The van der Waals surface area contributed by atoms with Gasteiger partial charge in [-0.05, 0) is 31.4 Å². The number of aromatic nitrogens is 1. The molecule has 0 radical (unpaired) electrons. The molecule has 88 valence electrons. The van der Waals surface area contributed by atoms with Crippen LogP contribution in [0.15, 0.2) is 18.2 Å². The van der Waals surface area contributed by atoms with Crippen molar-refractivity contribution in [3.05, 3.63) is 23.9 Å². The zero-order chi connectivity index (χ0) is 12.1. The van der Waals surface area contributed by atoms with E-state index < -0.39 is 12.0 Å². The van der Waals surface area contributed by atoms with Gasteiger partial charge in [0.05, 0.1) is 0 Å². The molecule has 0 saturated heterocycles. The van der Waals surface area contributed by atoms with Crippen molar-refractivity contribution in [2.75, 3.05) is 5.32 Å². The van der Waals surface area contributed by atoms with E-state index >= 15 is 0 Å². The van der Waals surface area contributed by atoms with Crippen molar-refractivity contribution in [2.24, 2.45) is 5.92 Å². The van der Waals surface area contributed by atoms with Gasteiger partial charge in [-0.1, -0.05) is 19.9 Å². The number of nitrogens with one attached hydrogen (secondary N) is 1. The minimum atomic E-state index is -0.836. The first-order valence-electron chi connectivity index (χ1n) is 5.42. The molecule has 0 aliphatic heterocycles. The summed E-state index contributed by atoms with van der Waals surface area (Å²) < 4.78 is 0. The number of aryl methyl sites for hydroxylation is 1. The monoisotopic (exact) mass is 222 g/mol. The van der Waals surface area contributed by atoms with Gasteiger partial charge in [0.1, 0.15) is 11.9 Å². The molecule has 0 spiro atoms. The van der Waals surface area contributed by atoms with Crippen molar-refractivity contribution in [2.45, 2.75) is 33.2 Å². The predicted octanol–water partition coefficient (Wildman–Crippen LogP) is 2.30. The zero-order valence-corrected chi connectivity index (χ0v) is 9.90. The standard InChI is InChI=1S/C12H18N2O2/c1-8(2)7-10(12(15)16)14-11-6-4-5-9(3)13-11/h4-6,8,10H,7H2,1-3H3,(H,13,14)(H,15,16). The minimum absolute atomic E-state index is 0.332. The highest BCUT2D eigenvalue weighted by atomic mass is 16.4. The molecule has 4 nitrogen and oxygen atoms in total. The highest BCUT2D eigenvalue weighted by Gasteiger charge is 2.18. The third-order valence-electron chi connectivity index (χ3n) is 2.22. The Morgan fingerprint density at radius 3 is 2.69 bits per heavy atom. The van der Waals surface area contributed by atoms with Crippen molar-refractivity contribution >= 4 is 11.8 Å². The number of anilines is 1. The Morgan fingerprint density at radius 2 is 2.19 bits per heavy atom. The maximum absolute atomic E-state index is 11.0. The first-order chi connectivity index (χ1) is 7.49. The predicted molar refractivity (Wildman–Crippen MR) is 63.5 cm³/mol. The van der Waals surface area contributed by atoms with Crippen molar-refractivity contribution in [1.82, 2.24) is 4.98 Å². The van der Waals surface area contributed by atoms with E-state index in [1.165, 1.54) is 0 Å². The van der Waals surface area contributed by atoms with Gasteiger partial charge < -0.3 is 10.4 Å². The van der Waals surface area contributed by atoms with E-state index in [9.17, 15) is 4.79 Å². The number of carboxylic acid groups (broad SMARTS) is 1. The van der Waals surface area contributed by atoms with Gasteiger partial charge in [-0.3, -0.25) is 0 Å². The maximum atomic E-state index is 11.0. The molecule has 4 heteroatoms. The smallest absolute Gasteiger partial charge is 0.326 e.